The van der Waals surface area contributed by atoms with Crippen LogP contribution in [0.3, 0.4) is 0 Å². The lowest BCUT2D eigenvalue weighted by Crippen LogP contribution is -2.47. The summed E-state index contributed by atoms with van der Waals surface area (Å²) < 4.78 is 0. The van der Waals surface area contributed by atoms with Crippen LogP contribution in [-0.2, 0) is 0 Å². The van der Waals surface area contributed by atoms with E-state index in [0.29, 0.717) is 0 Å². The van der Waals surface area contributed by atoms with E-state index in [1.807, 2.05) is 19.2 Å². The van der Waals surface area contributed by atoms with Crippen molar-refractivity contribution >= 4 is 11.6 Å². The third-order valence-electron chi connectivity index (χ3n) is 3.80. The van der Waals surface area contributed by atoms with Crippen molar-refractivity contribution in [3.05, 3.63) is 47.8 Å². The average molecular weight is 268 g/mol. The second-order valence-corrected chi connectivity index (χ2v) is 5.26. The fourth-order valence-corrected chi connectivity index (χ4v) is 2.65. The number of benzene rings is 1. The second kappa shape index (κ2) is 5.49. The Kier molecular flexibility index (Phi) is 3.54. The summed E-state index contributed by atoms with van der Waals surface area (Å²) in [4.78, 5) is 13.6. The molecule has 0 bridgehead atoms. The van der Waals surface area contributed by atoms with Crippen molar-refractivity contribution in [2.24, 2.45) is 0 Å². The van der Waals surface area contributed by atoms with Gasteiger partial charge in [-0.3, -0.25) is 0 Å². The van der Waals surface area contributed by atoms with Crippen LogP contribution in [0.15, 0.2) is 36.5 Å². The third kappa shape index (κ3) is 2.59. The van der Waals surface area contributed by atoms with Crippen LogP contribution in [0.5, 0.6) is 0 Å². The molecule has 4 nitrogen and oxygen atoms in total. The molecular weight excluding hydrogens is 248 g/mol. The highest BCUT2D eigenvalue weighted by Crippen LogP contribution is 2.21. The monoisotopic (exact) mass is 268 g/mol. The lowest BCUT2D eigenvalue weighted by molar-refractivity contribution is 0.638. The molecule has 0 N–H and O–H groups in total. The second-order valence-electron chi connectivity index (χ2n) is 5.26. The fraction of sp³-hybridized carbons (Fsp3) is 0.375. The molecule has 2 aromatic rings. The molecule has 0 aliphatic carbocycles. The first-order chi connectivity index (χ1) is 9.74. The number of aromatic nitrogens is 2. The Hall–Kier alpha value is -2.10. The van der Waals surface area contributed by atoms with E-state index in [4.69, 9.17) is 0 Å². The maximum Gasteiger partial charge on any atom is 0.225 e. The molecule has 0 amide bonds. The first kappa shape index (κ1) is 12.9. The number of aryl methyl sites for hydroxylation is 2. The highest BCUT2D eigenvalue weighted by atomic mass is 15.3. The van der Waals surface area contributed by atoms with E-state index in [0.717, 1.165) is 37.8 Å². The zero-order valence-corrected chi connectivity index (χ0v) is 12.1. The lowest BCUT2D eigenvalue weighted by atomic mass is 10.1. The Morgan fingerprint density at radius 1 is 0.900 bits per heavy atom. The first-order valence-electron chi connectivity index (χ1n) is 7.09. The van der Waals surface area contributed by atoms with E-state index in [-0.39, 0.29) is 0 Å². The minimum Gasteiger partial charge on any atom is -0.368 e. The van der Waals surface area contributed by atoms with E-state index in [1.54, 1.807) is 0 Å². The van der Waals surface area contributed by atoms with Crippen LogP contribution in [0.4, 0.5) is 11.6 Å². The van der Waals surface area contributed by atoms with Gasteiger partial charge in [0.15, 0.2) is 0 Å². The quantitative estimate of drug-likeness (QED) is 0.837. The van der Waals surface area contributed by atoms with Crippen molar-refractivity contribution in [3.63, 3.8) is 0 Å². The molecule has 4 heteroatoms. The van der Waals surface area contributed by atoms with Gasteiger partial charge in [0.1, 0.15) is 0 Å². The van der Waals surface area contributed by atoms with Gasteiger partial charge in [-0.1, -0.05) is 18.2 Å². The van der Waals surface area contributed by atoms with E-state index in [1.165, 1.54) is 11.3 Å². The van der Waals surface area contributed by atoms with Gasteiger partial charge in [-0.25, -0.2) is 9.97 Å². The number of piperazine rings is 1. The molecule has 1 aliphatic heterocycles. The molecule has 20 heavy (non-hydrogen) atoms. The van der Waals surface area contributed by atoms with Gasteiger partial charge in [0.05, 0.1) is 0 Å². The largest absolute Gasteiger partial charge is 0.368 e. The van der Waals surface area contributed by atoms with Crippen molar-refractivity contribution in [1.29, 1.82) is 0 Å². The number of hydrogen-bond acceptors (Lipinski definition) is 4. The standard InChI is InChI=1S/C16H20N4/c1-13-5-3-4-6-15(13)19-9-11-20(12-10-19)16-17-8-7-14(2)18-16/h3-8H,9-12H2,1-2H3. The minimum absolute atomic E-state index is 0.856. The van der Waals surface area contributed by atoms with Crippen LogP contribution >= 0.6 is 0 Å². The highest BCUT2D eigenvalue weighted by Gasteiger charge is 2.19. The molecule has 1 aromatic heterocycles. The van der Waals surface area contributed by atoms with Crippen molar-refractivity contribution in [3.8, 4) is 0 Å². The Labute approximate surface area is 120 Å². The Morgan fingerprint density at radius 3 is 2.30 bits per heavy atom. The predicted octanol–water partition coefficient (Wildman–Crippen LogP) is 2.42. The molecule has 1 aliphatic rings. The van der Waals surface area contributed by atoms with Gasteiger partial charge in [0.2, 0.25) is 5.95 Å². The molecule has 1 fully saturated rings. The van der Waals surface area contributed by atoms with E-state index < -0.39 is 0 Å². The average Bonchev–Trinajstić information content (AvgIpc) is 2.48. The molecule has 2 heterocycles. The summed E-state index contributed by atoms with van der Waals surface area (Å²) in [6.45, 7) is 8.15. The molecule has 1 saturated heterocycles. The van der Waals surface area contributed by atoms with Crippen molar-refractivity contribution in [1.82, 2.24) is 9.97 Å². The van der Waals surface area contributed by atoms with Gasteiger partial charge in [0.25, 0.3) is 0 Å². The van der Waals surface area contributed by atoms with E-state index in [9.17, 15) is 0 Å². The van der Waals surface area contributed by atoms with Crippen LogP contribution < -0.4 is 9.80 Å². The van der Waals surface area contributed by atoms with Crippen LogP contribution in [0.1, 0.15) is 11.3 Å². The first-order valence-corrected chi connectivity index (χ1v) is 7.09. The SMILES string of the molecule is Cc1ccnc(N2CCN(c3ccccc3C)CC2)n1. The van der Waals surface area contributed by atoms with Crippen molar-refractivity contribution in [2.45, 2.75) is 13.8 Å². The maximum absolute atomic E-state index is 4.51. The molecule has 1 aromatic carbocycles. The third-order valence-corrected chi connectivity index (χ3v) is 3.80. The van der Waals surface area contributed by atoms with Crippen LogP contribution in [0, 0.1) is 13.8 Å². The lowest BCUT2D eigenvalue weighted by Gasteiger charge is -2.36. The van der Waals surface area contributed by atoms with Gasteiger partial charge in [-0.2, -0.15) is 0 Å². The summed E-state index contributed by atoms with van der Waals surface area (Å²) in [5.41, 5.74) is 3.71. The molecule has 0 unspecified atom stereocenters. The van der Waals surface area contributed by atoms with E-state index in [2.05, 4.69) is 51.0 Å². The molecule has 0 spiro atoms. The summed E-state index contributed by atoms with van der Waals surface area (Å²) >= 11 is 0. The summed E-state index contributed by atoms with van der Waals surface area (Å²) in [6.07, 6.45) is 1.84. The van der Waals surface area contributed by atoms with Crippen molar-refractivity contribution in [2.75, 3.05) is 36.0 Å². The molecule has 0 saturated carbocycles. The maximum atomic E-state index is 4.51. The van der Waals surface area contributed by atoms with Crippen LogP contribution in [-0.4, -0.2) is 36.1 Å². The smallest absolute Gasteiger partial charge is 0.225 e. The van der Waals surface area contributed by atoms with Gasteiger partial charge in [0, 0.05) is 43.8 Å². The van der Waals surface area contributed by atoms with Crippen molar-refractivity contribution < 1.29 is 0 Å². The topological polar surface area (TPSA) is 32.3 Å². The number of para-hydroxylation sites is 1. The number of rotatable bonds is 2. The minimum atomic E-state index is 0.856. The Morgan fingerprint density at radius 2 is 1.60 bits per heavy atom. The Balaban J connectivity index is 1.70. The molecular formula is C16H20N4. The molecule has 0 radical (unpaired) electrons. The summed E-state index contributed by atoms with van der Waals surface area (Å²) in [6, 6.07) is 10.5. The van der Waals surface area contributed by atoms with Crippen LogP contribution in [0.25, 0.3) is 0 Å². The van der Waals surface area contributed by atoms with Gasteiger partial charge < -0.3 is 9.80 Å². The molecule has 0 atom stereocenters. The number of anilines is 2. The highest BCUT2D eigenvalue weighted by molar-refractivity contribution is 5.54. The van der Waals surface area contributed by atoms with Crippen LogP contribution in [0.2, 0.25) is 0 Å². The van der Waals surface area contributed by atoms with Gasteiger partial charge in [-0.15, -0.1) is 0 Å². The zero-order chi connectivity index (χ0) is 13.9. The number of hydrogen-bond donors (Lipinski definition) is 0. The Bertz CT molecular complexity index is 589. The van der Waals surface area contributed by atoms with Gasteiger partial charge >= 0.3 is 0 Å². The normalized spacial score (nSPS) is 15.5. The fourth-order valence-electron chi connectivity index (χ4n) is 2.65. The summed E-state index contributed by atoms with van der Waals surface area (Å²) in [7, 11) is 0. The van der Waals surface area contributed by atoms with E-state index >= 15 is 0 Å². The number of nitrogens with zero attached hydrogens (tertiary/aromatic N) is 4. The zero-order valence-electron chi connectivity index (χ0n) is 12.1. The predicted molar refractivity (Wildman–Crippen MR) is 82.4 cm³/mol. The summed E-state index contributed by atoms with van der Waals surface area (Å²) in [5.74, 6) is 0.856. The molecule has 3 rings (SSSR count). The van der Waals surface area contributed by atoms with Gasteiger partial charge in [-0.05, 0) is 31.5 Å². The summed E-state index contributed by atoms with van der Waals surface area (Å²) in [5, 5.41) is 0. The molecule has 104 valence electrons.